The second kappa shape index (κ2) is 6.06. The number of benzene rings is 1. The highest BCUT2D eigenvalue weighted by molar-refractivity contribution is 5.36. The molecule has 0 bridgehead atoms. The highest BCUT2D eigenvalue weighted by Gasteiger charge is 2.30. The molecule has 2 rings (SSSR count). The van der Waals surface area contributed by atoms with E-state index in [9.17, 15) is 5.11 Å². The first-order valence-electron chi connectivity index (χ1n) is 7.49. The number of hydrogen-bond acceptors (Lipinski definition) is 2. The van der Waals surface area contributed by atoms with Crippen molar-refractivity contribution < 1.29 is 5.11 Å². The average molecular weight is 261 g/mol. The van der Waals surface area contributed by atoms with Gasteiger partial charge >= 0.3 is 0 Å². The molecular formula is C17H27NO. The fraction of sp³-hybridized carbons (Fsp3) is 0.647. The highest BCUT2D eigenvalue weighted by atomic mass is 16.3. The quantitative estimate of drug-likeness (QED) is 0.870. The summed E-state index contributed by atoms with van der Waals surface area (Å²) in [5.41, 5.74) is 5.38. The van der Waals surface area contributed by atoms with Gasteiger partial charge in [-0.3, -0.25) is 0 Å². The van der Waals surface area contributed by atoms with Gasteiger partial charge < -0.3 is 10.4 Å². The molecule has 2 N–H and O–H groups in total. The van der Waals surface area contributed by atoms with Crippen molar-refractivity contribution in [3.63, 3.8) is 0 Å². The monoisotopic (exact) mass is 261 g/mol. The van der Waals surface area contributed by atoms with Crippen LogP contribution in [-0.4, -0.2) is 17.3 Å². The average Bonchev–Trinajstić information content (AvgIpc) is 2.42. The van der Waals surface area contributed by atoms with Gasteiger partial charge in [0.2, 0.25) is 0 Å². The first kappa shape index (κ1) is 14.5. The van der Waals surface area contributed by atoms with Crippen molar-refractivity contribution in [3.8, 4) is 0 Å². The molecule has 0 spiro atoms. The van der Waals surface area contributed by atoms with Gasteiger partial charge in [-0.05, 0) is 55.9 Å². The van der Waals surface area contributed by atoms with Crippen LogP contribution in [0, 0.1) is 20.8 Å². The molecule has 1 aliphatic rings. The van der Waals surface area contributed by atoms with Crippen LogP contribution in [0.3, 0.4) is 0 Å². The second-order valence-corrected chi connectivity index (χ2v) is 6.22. The lowest BCUT2D eigenvalue weighted by Crippen LogP contribution is -2.49. The Bertz CT molecular complexity index is 433. The lowest BCUT2D eigenvalue weighted by atomic mass is 9.82. The summed E-state index contributed by atoms with van der Waals surface area (Å²) >= 11 is 0. The summed E-state index contributed by atoms with van der Waals surface area (Å²) in [6.07, 6.45) is 5.99. The standard InChI is InChI=1S/C17H27NO/c1-13-9-15(3)16(10-14(13)2)11-18-17(12-19)7-5-4-6-8-17/h9-10,18-19H,4-8,11-12H2,1-3H3. The molecule has 0 radical (unpaired) electrons. The van der Waals surface area contributed by atoms with E-state index in [-0.39, 0.29) is 12.1 Å². The second-order valence-electron chi connectivity index (χ2n) is 6.22. The molecule has 19 heavy (non-hydrogen) atoms. The zero-order chi connectivity index (χ0) is 13.9. The molecule has 1 aromatic rings. The van der Waals surface area contributed by atoms with Crippen LogP contribution in [0.15, 0.2) is 12.1 Å². The first-order chi connectivity index (χ1) is 9.06. The Morgan fingerprint density at radius 3 is 2.26 bits per heavy atom. The molecule has 0 saturated heterocycles. The molecule has 2 heteroatoms. The van der Waals surface area contributed by atoms with Crippen LogP contribution in [0.2, 0.25) is 0 Å². The molecule has 1 aromatic carbocycles. The van der Waals surface area contributed by atoms with E-state index in [0.717, 1.165) is 19.4 Å². The highest BCUT2D eigenvalue weighted by Crippen LogP contribution is 2.28. The normalized spacial score (nSPS) is 18.5. The third-order valence-electron chi connectivity index (χ3n) is 4.72. The van der Waals surface area contributed by atoms with E-state index >= 15 is 0 Å². The van der Waals surface area contributed by atoms with Crippen LogP contribution in [0.4, 0.5) is 0 Å². The summed E-state index contributed by atoms with van der Waals surface area (Å²) in [6.45, 7) is 7.64. The zero-order valence-corrected chi connectivity index (χ0v) is 12.6. The summed E-state index contributed by atoms with van der Waals surface area (Å²) in [6, 6.07) is 4.55. The lowest BCUT2D eigenvalue weighted by molar-refractivity contribution is 0.119. The SMILES string of the molecule is Cc1cc(C)c(CNC2(CO)CCCCC2)cc1C. The van der Waals surface area contributed by atoms with Crippen molar-refractivity contribution >= 4 is 0 Å². The Hall–Kier alpha value is -0.860. The Kier molecular flexibility index (Phi) is 4.64. The van der Waals surface area contributed by atoms with Gasteiger partial charge in [0.15, 0.2) is 0 Å². The van der Waals surface area contributed by atoms with Gasteiger partial charge in [0.25, 0.3) is 0 Å². The minimum Gasteiger partial charge on any atom is -0.394 e. The predicted octanol–water partition coefficient (Wildman–Crippen LogP) is 3.40. The molecule has 0 atom stereocenters. The molecule has 1 saturated carbocycles. The molecule has 0 heterocycles. The molecule has 2 nitrogen and oxygen atoms in total. The maximum Gasteiger partial charge on any atom is 0.0613 e. The number of aliphatic hydroxyl groups excluding tert-OH is 1. The van der Waals surface area contributed by atoms with Crippen molar-refractivity contribution in [2.45, 2.75) is 65.0 Å². The molecule has 1 fully saturated rings. The fourth-order valence-electron chi connectivity index (χ4n) is 3.11. The molecule has 1 aliphatic carbocycles. The Morgan fingerprint density at radius 1 is 1.00 bits per heavy atom. The van der Waals surface area contributed by atoms with Gasteiger partial charge in [-0.15, -0.1) is 0 Å². The predicted molar refractivity (Wildman–Crippen MR) is 80.4 cm³/mol. The van der Waals surface area contributed by atoms with Gasteiger partial charge in [0.05, 0.1) is 6.61 Å². The topological polar surface area (TPSA) is 32.3 Å². The van der Waals surface area contributed by atoms with Gasteiger partial charge in [-0.25, -0.2) is 0 Å². The van der Waals surface area contributed by atoms with Crippen LogP contribution in [0.5, 0.6) is 0 Å². The minimum absolute atomic E-state index is 0.0382. The van der Waals surface area contributed by atoms with E-state index in [1.54, 1.807) is 0 Å². The Balaban J connectivity index is 2.07. The van der Waals surface area contributed by atoms with Crippen molar-refractivity contribution in [1.29, 1.82) is 0 Å². The van der Waals surface area contributed by atoms with Crippen LogP contribution < -0.4 is 5.32 Å². The molecule has 106 valence electrons. The van der Waals surface area contributed by atoms with E-state index in [0.29, 0.717) is 0 Å². The molecule has 0 aliphatic heterocycles. The minimum atomic E-state index is -0.0382. The van der Waals surface area contributed by atoms with Gasteiger partial charge in [-0.1, -0.05) is 31.4 Å². The van der Waals surface area contributed by atoms with Crippen molar-refractivity contribution in [2.75, 3.05) is 6.61 Å². The van der Waals surface area contributed by atoms with Crippen LogP contribution in [-0.2, 0) is 6.54 Å². The molecule has 0 amide bonds. The van der Waals surface area contributed by atoms with E-state index in [1.165, 1.54) is 41.5 Å². The van der Waals surface area contributed by atoms with Crippen molar-refractivity contribution in [1.82, 2.24) is 5.32 Å². The van der Waals surface area contributed by atoms with E-state index in [1.807, 2.05) is 0 Å². The zero-order valence-electron chi connectivity index (χ0n) is 12.6. The summed E-state index contributed by atoms with van der Waals surface area (Å²) in [5, 5.41) is 13.4. The van der Waals surface area contributed by atoms with Gasteiger partial charge in [0, 0.05) is 12.1 Å². The summed E-state index contributed by atoms with van der Waals surface area (Å²) in [4.78, 5) is 0. The fourth-order valence-corrected chi connectivity index (χ4v) is 3.11. The third-order valence-corrected chi connectivity index (χ3v) is 4.72. The van der Waals surface area contributed by atoms with Crippen LogP contribution in [0.1, 0.15) is 54.4 Å². The summed E-state index contributed by atoms with van der Waals surface area (Å²) in [7, 11) is 0. The van der Waals surface area contributed by atoms with E-state index < -0.39 is 0 Å². The number of nitrogens with one attached hydrogen (secondary N) is 1. The van der Waals surface area contributed by atoms with Crippen LogP contribution >= 0.6 is 0 Å². The van der Waals surface area contributed by atoms with Crippen molar-refractivity contribution in [3.05, 3.63) is 34.4 Å². The van der Waals surface area contributed by atoms with Gasteiger partial charge in [-0.2, -0.15) is 0 Å². The molecule has 0 unspecified atom stereocenters. The first-order valence-corrected chi connectivity index (χ1v) is 7.49. The summed E-state index contributed by atoms with van der Waals surface area (Å²) in [5.74, 6) is 0. The maximum atomic E-state index is 9.73. The van der Waals surface area contributed by atoms with Crippen LogP contribution in [0.25, 0.3) is 0 Å². The molecule has 0 aromatic heterocycles. The summed E-state index contributed by atoms with van der Waals surface area (Å²) < 4.78 is 0. The maximum absolute atomic E-state index is 9.73. The Labute approximate surface area is 117 Å². The smallest absolute Gasteiger partial charge is 0.0613 e. The van der Waals surface area contributed by atoms with E-state index in [4.69, 9.17) is 0 Å². The lowest BCUT2D eigenvalue weighted by Gasteiger charge is -2.37. The number of aliphatic hydroxyl groups is 1. The Morgan fingerprint density at radius 2 is 1.63 bits per heavy atom. The number of hydrogen-bond donors (Lipinski definition) is 2. The number of rotatable bonds is 4. The number of aryl methyl sites for hydroxylation is 3. The van der Waals surface area contributed by atoms with Gasteiger partial charge in [0.1, 0.15) is 0 Å². The van der Waals surface area contributed by atoms with E-state index in [2.05, 4.69) is 38.2 Å². The molecular weight excluding hydrogens is 234 g/mol. The third kappa shape index (κ3) is 3.37. The van der Waals surface area contributed by atoms with Crippen molar-refractivity contribution in [2.24, 2.45) is 0 Å². The largest absolute Gasteiger partial charge is 0.394 e.